The smallest absolute Gasteiger partial charge is 0.335 e. The van der Waals surface area contributed by atoms with Crippen molar-refractivity contribution in [3.63, 3.8) is 0 Å². The SMILES string of the molecule is Cc1coc(SCCS(=O)(=O)c2ccc(C(=O)O)cc2)n1. The number of hydrogen-bond acceptors (Lipinski definition) is 6. The molecular weight excluding hydrogens is 314 g/mol. The van der Waals surface area contributed by atoms with Gasteiger partial charge < -0.3 is 9.52 Å². The Balaban J connectivity index is 1.99. The zero-order valence-electron chi connectivity index (χ0n) is 11.1. The van der Waals surface area contributed by atoms with E-state index in [2.05, 4.69) is 4.98 Å². The lowest BCUT2D eigenvalue weighted by atomic mass is 10.2. The van der Waals surface area contributed by atoms with Crippen LogP contribution in [0.4, 0.5) is 0 Å². The number of aryl methyl sites for hydroxylation is 1. The fourth-order valence-electron chi connectivity index (χ4n) is 1.56. The van der Waals surface area contributed by atoms with Gasteiger partial charge in [-0.15, -0.1) is 0 Å². The van der Waals surface area contributed by atoms with Gasteiger partial charge in [0.15, 0.2) is 9.84 Å². The molecule has 0 aliphatic rings. The average molecular weight is 327 g/mol. The van der Waals surface area contributed by atoms with Gasteiger partial charge in [-0.25, -0.2) is 18.2 Å². The molecule has 0 amide bonds. The summed E-state index contributed by atoms with van der Waals surface area (Å²) < 4.78 is 29.3. The largest absolute Gasteiger partial charge is 0.478 e. The fourth-order valence-corrected chi connectivity index (χ4v) is 4.06. The van der Waals surface area contributed by atoms with Crippen molar-refractivity contribution in [1.82, 2.24) is 4.98 Å². The van der Waals surface area contributed by atoms with Crippen molar-refractivity contribution in [1.29, 1.82) is 0 Å². The van der Waals surface area contributed by atoms with Crippen molar-refractivity contribution in [2.75, 3.05) is 11.5 Å². The van der Waals surface area contributed by atoms with Crippen LogP contribution in [0.3, 0.4) is 0 Å². The van der Waals surface area contributed by atoms with E-state index >= 15 is 0 Å². The van der Waals surface area contributed by atoms with E-state index in [1.807, 2.05) is 0 Å². The molecule has 112 valence electrons. The summed E-state index contributed by atoms with van der Waals surface area (Å²) in [4.78, 5) is 14.9. The van der Waals surface area contributed by atoms with Crippen LogP contribution in [0, 0.1) is 6.92 Å². The van der Waals surface area contributed by atoms with Crippen LogP contribution in [0.25, 0.3) is 0 Å². The van der Waals surface area contributed by atoms with Crippen molar-refractivity contribution in [2.45, 2.75) is 17.0 Å². The van der Waals surface area contributed by atoms with Gasteiger partial charge >= 0.3 is 5.97 Å². The number of aromatic carboxylic acids is 1. The van der Waals surface area contributed by atoms with E-state index in [4.69, 9.17) is 9.52 Å². The molecule has 0 unspecified atom stereocenters. The quantitative estimate of drug-likeness (QED) is 0.812. The molecule has 0 fully saturated rings. The summed E-state index contributed by atoms with van der Waals surface area (Å²) in [5.74, 6) is -0.858. The minimum absolute atomic E-state index is 0.0542. The first-order valence-corrected chi connectivity index (χ1v) is 8.63. The van der Waals surface area contributed by atoms with E-state index in [-0.39, 0.29) is 16.2 Å². The van der Waals surface area contributed by atoms with Crippen LogP contribution in [0.2, 0.25) is 0 Å². The van der Waals surface area contributed by atoms with E-state index in [9.17, 15) is 13.2 Å². The number of carbonyl (C=O) groups is 1. The van der Waals surface area contributed by atoms with Gasteiger partial charge in [-0.05, 0) is 31.2 Å². The Morgan fingerprint density at radius 2 is 2.00 bits per heavy atom. The topological polar surface area (TPSA) is 97.5 Å². The molecule has 0 aliphatic heterocycles. The maximum absolute atomic E-state index is 12.1. The van der Waals surface area contributed by atoms with Gasteiger partial charge in [-0.2, -0.15) is 0 Å². The summed E-state index contributed by atoms with van der Waals surface area (Å²) in [5, 5.41) is 9.21. The minimum atomic E-state index is -3.45. The Labute approximate surface area is 126 Å². The number of rotatable bonds is 6. The van der Waals surface area contributed by atoms with Crippen LogP contribution >= 0.6 is 11.8 Å². The van der Waals surface area contributed by atoms with E-state index in [0.717, 1.165) is 5.69 Å². The number of thioether (sulfide) groups is 1. The van der Waals surface area contributed by atoms with Crippen LogP contribution < -0.4 is 0 Å². The number of nitrogens with zero attached hydrogens (tertiary/aromatic N) is 1. The van der Waals surface area contributed by atoms with Gasteiger partial charge in [0.1, 0.15) is 6.26 Å². The number of carboxylic acid groups (broad SMARTS) is 1. The summed E-state index contributed by atoms with van der Waals surface area (Å²) in [5.41, 5.74) is 0.795. The highest BCUT2D eigenvalue weighted by Gasteiger charge is 2.16. The van der Waals surface area contributed by atoms with Crippen molar-refractivity contribution in [3.8, 4) is 0 Å². The Morgan fingerprint density at radius 1 is 1.33 bits per heavy atom. The molecule has 0 saturated carbocycles. The van der Waals surface area contributed by atoms with Crippen molar-refractivity contribution >= 4 is 27.6 Å². The Bertz CT molecular complexity index is 734. The summed E-state index contributed by atoms with van der Waals surface area (Å²) in [6, 6.07) is 5.16. The predicted octanol–water partition coefficient (Wildman–Crippen LogP) is 2.25. The first-order valence-electron chi connectivity index (χ1n) is 5.99. The monoisotopic (exact) mass is 327 g/mol. The van der Waals surface area contributed by atoms with Gasteiger partial charge in [0, 0.05) is 5.75 Å². The van der Waals surface area contributed by atoms with Crippen LogP contribution in [-0.2, 0) is 9.84 Å². The maximum atomic E-state index is 12.1. The van der Waals surface area contributed by atoms with Crippen molar-refractivity contribution < 1.29 is 22.7 Å². The fraction of sp³-hybridized carbons (Fsp3) is 0.231. The summed E-state index contributed by atoms with van der Waals surface area (Å²) >= 11 is 1.22. The molecule has 0 aliphatic carbocycles. The third-order valence-corrected chi connectivity index (χ3v) is 5.47. The van der Waals surface area contributed by atoms with Crippen LogP contribution in [0.5, 0.6) is 0 Å². The number of benzene rings is 1. The molecule has 0 radical (unpaired) electrons. The second kappa shape index (κ2) is 6.31. The number of aromatic nitrogens is 1. The van der Waals surface area contributed by atoms with Crippen LogP contribution in [-0.4, -0.2) is 36.0 Å². The molecule has 2 rings (SSSR count). The molecule has 1 aromatic heterocycles. The predicted molar refractivity (Wildman–Crippen MR) is 77.4 cm³/mol. The lowest BCUT2D eigenvalue weighted by Crippen LogP contribution is -2.09. The Hall–Kier alpha value is -1.80. The second-order valence-corrected chi connectivity index (χ2v) is 7.41. The van der Waals surface area contributed by atoms with Crippen LogP contribution in [0.15, 0.2) is 45.1 Å². The number of oxazole rings is 1. The van der Waals surface area contributed by atoms with Gasteiger partial charge in [-0.1, -0.05) is 11.8 Å². The first kappa shape index (κ1) is 15.6. The van der Waals surface area contributed by atoms with E-state index in [1.165, 1.54) is 42.3 Å². The van der Waals surface area contributed by atoms with E-state index < -0.39 is 15.8 Å². The standard InChI is InChI=1S/C13H13NO5S2/c1-9-8-19-13(14-9)20-6-7-21(17,18)11-4-2-10(3-5-11)12(15)16/h2-5,8H,6-7H2,1H3,(H,15,16). The van der Waals surface area contributed by atoms with Crippen molar-refractivity contribution in [2.24, 2.45) is 0 Å². The molecule has 21 heavy (non-hydrogen) atoms. The molecule has 0 bridgehead atoms. The number of sulfone groups is 1. The Kier molecular flexibility index (Phi) is 4.69. The summed E-state index contributed by atoms with van der Waals surface area (Å²) in [6.07, 6.45) is 1.50. The molecule has 0 atom stereocenters. The highest BCUT2D eigenvalue weighted by atomic mass is 32.2. The minimum Gasteiger partial charge on any atom is -0.478 e. The molecule has 1 heterocycles. The molecule has 1 N–H and O–H groups in total. The second-order valence-electron chi connectivity index (χ2n) is 4.25. The molecule has 8 heteroatoms. The lowest BCUT2D eigenvalue weighted by Gasteiger charge is -2.03. The maximum Gasteiger partial charge on any atom is 0.335 e. The molecule has 2 aromatic rings. The first-order chi connectivity index (χ1) is 9.88. The summed E-state index contributed by atoms with van der Waals surface area (Å²) in [7, 11) is -3.45. The third-order valence-electron chi connectivity index (χ3n) is 2.64. The van der Waals surface area contributed by atoms with Crippen molar-refractivity contribution in [3.05, 3.63) is 41.8 Å². The molecule has 0 spiro atoms. The highest BCUT2D eigenvalue weighted by molar-refractivity contribution is 8.00. The summed E-state index contributed by atoms with van der Waals surface area (Å²) in [6.45, 7) is 1.79. The zero-order chi connectivity index (χ0) is 15.5. The van der Waals surface area contributed by atoms with Gasteiger partial charge in [0.25, 0.3) is 5.22 Å². The molecule has 1 aromatic carbocycles. The van der Waals surface area contributed by atoms with Gasteiger partial charge in [-0.3, -0.25) is 0 Å². The average Bonchev–Trinajstić information content (AvgIpc) is 2.84. The molecule has 6 nitrogen and oxygen atoms in total. The third kappa shape index (κ3) is 4.08. The van der Waals surface area contributed by atoms with E-state index in [0.29, 0.717) is 11.0 Å². The normalized spacial score (nSPS) is 11.5. The van der Waals surface area contributed by atoms with Gasteiger partial charge in [0.05, 0.1) is 21.9 Å². The molecular formula is C13H13NO5S2. The van der Waals surface area contributed by atoms with E-state index in [1.54, 1.807) is 6.92 Å². The highest BCUT2D eigenvalue weighted by Crippen LogP contribution is 2.19. The Morgan fingerprint density at radius 3 is 2.52 bits per heavy atom. The molecule has 0 saturated heterocycles. The lowest BCUT2D eigenvalue weighted by molar-refractivity contribution is 0.0696. The zero-order valence-corrected chi connectivity index (χ0v) is 12.8. The van der Waals surface area contributed by atoms with Gasteiger partial charge in [0.2, 0.25) is 0 Å². The van der Waals surface area contributed by atoms with Crippen LogP contribution in [0.1, 0.15) is 16.1 Å². The number of hydrogen-bond donors (Lipinski definition) is 1. The number of carboxylic acids is 1.